The number of hydrogen-bond acceptors (Lipinski definition) is 5. The van der Waals surface area contributed by atoms with Gasteiger partial charge in [-0.25, -0.2) is 18.7 Å². The standard InChI is InChI=1S/C26H23ClF2N4O2/c1-15-31-23(35-14-17-8-9-18(28)13-20(17)29)22(27)24(34)33(15)19-7-5-6-16(12-19)21-10-11-30-25(32-21)26(2,3)4/h5-13H,14H2,1-4H3. The Morgan fingerprint density at radius 3 is 2.54 bits per heavy atom. The summed E-state index contributed by atoms with van der Waals surface area (Å²) < 4.78 is 33.9. The third-order valence-corrected chi connectivity index (χ3v) is 5.59. The Hall–Kier alpha value is -3.65. The molecule has 0 saturated carbocycles. The van der Waals surface area contributed by atoms with Gasteiger partial charge in [0.15, 0.2) is 5.02 Å². The highest BCUT2D eigenvalue weighted by Crippen LogP contribution is 2.26. The molecule has 35 heavy (non-hydrogen) atoms. The van der Waals surface area contributed by atoms with Gasteiger partial charge in [-0.05, 0) is 37.3 Å². The van der Waals surface area contributed by atoms with E-state index in [-0.39, 0.29) is 28.5 Å². The van der Waals surface area contributed by atoms with Crippen molar-refractivity contribution in [1.29, 1.82) is 0 Å². The molecule has 9 heteroatoms. The Bertz CT molecular complexity index is 1460. The van der Waals surface area contributed by atoms with Crippen molar-refractivity contribution in [3.8, 4) is 22.8 Å². The largest absolute Gasteiger partial charge is 0.471 e. The van der Waals surface area contributed by atoms with Gasteiger partial charge in [0.05, 0.1) is 11.4 Å². The Morgan fingerprint density at radius 2 is 1.83 bits per heavy atom. The molecule has 0 aliphatic rings. The number of nitrogens with zero attached hydrogens (tertiary/aromatic N) is 4. The van der Waals surface area contributed by atoms with Crippen molar-refractivity contribution in [1.82, 2.24) is 19.5 Å². The number of ether oxygens (including phenoxy) is 1. The molecule has 0 atom stereocenters. The minimum atomic E-state index is -0.762. The number of rotatable bonds is 5. The second kappa shape index (κ2) is 9.54. The lowest BCUT2D eigenvalue weighted by Crippen LogP contribution is -2.23. The first kappa shape index (κ1) is 24.5. The Kier molecular flexibility index (Phi) is 6.67. The van der Waals surface area contributed by atoms with E-state index in [1.165, 1.54) is 10.6 Å². The maximum absolute atomic E-state index is 13.9. The van der Waals surface area contributed by atoms with Gasteiger partial charge >= 0.3 is 0 Å². The summed E-state index contributed by atoms with van der Waals surface area (Å²) in [6.45, 7) is 7.48. The molecule has 2 heterocycles. The normalized spacial score (nSPS) is 11.5. The summed E-state index contributed by atoms with van der Waals surface area (Å²) in [7, 11) is 0. The summed E-state index contributed by atoms with van der Waals surface area (Å²) in [5, 5.41) is -0.249. The zero-order valence-corrected chi connectivity index (χ0v) is 20.4. The molecule has 2 aromatic heterocycles. The molecule has 180 valence electrons. The lowest BCUT2D eigenvalue weighted by Gasteiger charge is -2.17. The van der Waals surface area contributed by atoms with Gasteiger partial charge in [0.25, 0.3) is 5.56 Å². The van der Waals surface area contributed by atoms with E-state index in [2.05, 4.69) is 15.0 Å². The van der Waals surface area contributed by atoms with Gasteiger partial charge < -0.3 is 4.74 Å². The van der Waals surface area contributed by atoms with E-state index < -0.39 is 17.2 Å². The number of benzene rings is 2. The lowest BCUT2D eigenvalue weighted by molar-refractivity contribution is 0.285. The van der Waals surface area contributed by atoms with Gasteiger partial charge in [-0.15, -0.1) is 0 Å². The molecule has 0 fully saturated rings. The van der Waals surface area contributed by atoms with Gasteiger partial charge in [-0.1, -0.05) is 44.5 Å². The molecule has 4 aromatic rings. The van der Waals surface area contributed by atoms with Crippen LogP contribution in [0.3, 0.4) is 0 Å². The Morgan fingerprint density at radius 1 is 1.06 bits per heavy atom. The number of halogens is 3. The molecule has 0 amide bonds. The molecular weight excluding hydrogens is 474 g/mol. The van der Waals surface area contributed by atoms with Crippen LogP contribution in [0.2, 0.25) is 5.02 Å². The van der Waals surface area contributed by atoms with Crippen LogP contribution in [0.25, 0.3) is 16.9 Å². The summed E-state index contributed by atoms with van der Waals surface area (Å²) in [4.78, 5) is 26.5. The highest BCUT2D eigenvalue weighted by molar-refractivity contribution is 6.31. The van der Waals surface area contributed by atoms with Crippen molar-refractivity contribution in [2.75, 3.05) is 0 Å². The third kappa shape index (κ3) is 5.22. The maximum atomic E-state index is 13.9. The van der Waals surface area contributed by atoms with Gasteiger partial charge in [0.2, 0.25) is 5.88 Å². The van der Waals surface area contributed by atoms with Crippen LogP contribution < -0.4 is 10.3 Å². The SMILES string of the molecule is Cc1nc(OCc2ccc(F)cc2F)c(Cl)c(=O)n1-c1cccc(-c2ccnc(C(C)(C)C)n2)c1. The molecule has 4 rings (SSSR count). The molecule has 0 spiro atoms. The molecule has 0 N–H and O–H groups in total. The van der Waals surface area contributed by atoms with Crippen LogP contribution in [0.1, 0.15) is 38.0 Å². The van der Waals surface area contributed by atoms with Gasteiger partial charge in [-0.3, -0.25) is 9.36 Å². The fraction of sp³-hybridized carbons (Fsp3) is 0.231. The van der Waals surface area contributed by atoms with Crippen LogP contribution in [0.4, 0.5) is 8.78 Å². The van der Waals surface area contributed by atoms with Crippen molar-refractivity contribution in [3.63, 3.8) is 0 Å². The first-order chi connectivity index (χ1) is 16.5. The molecule has 0 unspecified atom stereocenters. The molecule has 0 bridgehead atoms. The van der Waals surface area contributed by atoms with Gasteiger partial charge in [-0.2, -0.15) is 4.98 Å². The summed E-state index contributed by atoms with van der Waals surface area (Å²) in [6.07, 6.45) is 1.71. The second-order valence-electron chi connectivity index (χ2n) is 9.01. The van der Waals surface area contributed by atoms with Crippen molar-refractivity contribution in [2.24, 2.45) is 0 Å². The van der Waals surface area contributed by atoms with Crippen LogP contribution in [0.15, 0.2) is 59.5 Å². The third-order valence-electron chi connectivity index (χ3n) is 5.27. The van der Waals surface area contributed by atoms with Crippen LogP contribution in [0.5, 0.6) is 5.88 Å². The minimum Gasteiger partial charge on any atom is -0.471 e. The van der Waals surface area contributed by atoms with Crippen LogP contribution in [-0.2, 0) is 12.0 Å². The number of hydrogen-bond donors (Lipinski definition) is 0. The summed E-state index contributed by atoms with van der Waals surface area (Å²) in [6, 6.07) is 12.2. The quantitative estimate of drug-likeness (QED) is 0.349. The highest BCUT2D eigenvalue weighted by atomic mass is 35.5. The van der Waals surface area contributed by atoms with E-state index in [4.69, 9.17) is 16.3 Å². The molecule has 0 saturated heterocycles. The van der Waals surface area contributed by atoms with E-state index in [0.29, 0.717) is 17.3 Å². The van der Waals surface area contributed by atoms with Gasteiger partial charge in [0.1, 0.15) is 29.9 Å². The average molecular weight is 497 g/mol. The number of aromatic nitrogens is 4. The molecule has 0 aliphatic heterocycles. The summed E-state index contributed by atoms with van der Waals surface area (Å²) in [5.74, 6) is -0.556. The molecule has 0 aliphatic carbocycles. The summed E-state index contributed by atoms with van der Waals surface area (Å²) >= 11 is 6.28. The van der Waals surface area contributed by atoms with E-state index in [0.717, 1.165) is 23.4 Å². The first-order valence-electron chi connectivity index (χ1n) is 10.8. The van der Waals surface area contributed by atoms with Crippen LogP contribution in [-0.4, -0.2) is 19.5 Å². The predicted octanol–water partition coefficient (Wildman–Crippen LogP) is 5.81. The topological polar surface area (TPSA) is 69.9 Å². The molecule has 0 radical (unpaired) electrons. The average Bonchev–Trinajstić information content (AvgIpc) is 2.81. The zero-order valence-electron chi connectivity index (χ0n) is 19.6. The first-order valence-corrected chi connectivity index (χ1v) is 11.2. The minimum absolute atomic E-state index is 0.110. The van der Waals surface area contributed by atoms with Crippen molar-refractivity contribution >= 4 is 11.6 Å². The Balaban J connectivity index is 1.67. The van der Waals surface area contributed by atoms with Crippen LogP contribution in [0, 0.1) is 18.6 Å². The molecular formula is C26H23ClF2N4O2. The highest BCUT2D eigenvalue weighted by Gasteiger charge is 2.19. The van der Waals surface area contributed by atoms with Gasteiger partial charge in [0, 0.05) is 28.8 Å². The van der Waals surface area contributed by atoms with Crippen molar-refractivity contribution in [2.45, 2.75) is 39.7 Å². The predicted molar refractivity (Wildman–Crippen MR) is 130 cm³/mol. The van der Waals surface area contributed by atoms with E-state index in [1.807, 2.05) is 39.0 Å². The summed E-state index contributed by atoms with van der Waals surface area (Å²) in [5.41, 5.74) is 1.42. The van der Waals surface area contributed by atoms with Crippen molar-refractivity contribution < 1.29 is 13.5 Å². The van der Waals surface area contributed by atoms with E-state index in [9.17, 15) is 13.6 Å². The van der Waals surface area contributed by atoms with E-state index in [1.54, 1.807) is 25.3 Å². The second-order valence-corrected chi connectivity index (χ2v) is 9.39. The van der Waals surface area contributed by atoms with Crippen molar-refractivity contribution in [3.05, 3.63) is 99.0 Å². The fourth-order valence-electron chi connectivity index (χ4n) is 3.45. The maximum Gasteiger partial charge on any atom is 0.280 e. The lowest BCUT2D eigenvalue weighted by atomic mass is 9.95. The smallest absolute Gasteiger partial charge is 0.280 e. The monoisotopic (exact) mass is 496 g/mol. The van der Waals surface area contributed by atoms with E-state index >= 15 is 0 Å². The number of aryl methyl sites for hydroxylation is 1. The fourth-order valence-corrected chi connectivity index (χ4v) is 3.63. The molecule has 2 aromatic carbocycles. The Labute approximate surface area is 206 Å². The molecule has 6 nitrogen and oxygen atoms in total. The zero-order chi connectivity index (χ0) is 25.3. The van der Waals surface area contributed by atoms with Crippen LogP contribution >= 0.6 is 11.6 Å².